The number of sulfonamides is 1. The molecule has 0 heterocycles. The fraction of sp³-hybridized carbons (Fsp3) is 0.391. The van der Waals surface area contributed by atoms with E-state index < -0.39 is 40.2 Å². The molecule has 0 aliphatic heterocycles. The molecule has 0 saturated heterocycles. The second kappa shape index (κ2) is 11.6. The number of amides is 2. The van der Waals surface area contributed by atoms with E-state index in [4.69, 9.17) is 0 Å². The Balaban J connectivity index is 2.39. The van der Waals surface area contributed by atoms with E-state index in [1.807, 2.05) is 13.8 Å². The molecule has 2 aromatic carbocycles. The predicted molar refractivity (Wildman–Crippen MR) is 131 cm³/mol. The number of carbonyl (C=O) groups is 2. The summed E-state index contributed by atoms with van der Waals surface area (Å²) in [6.07, 6.45) is 1.70. The third-order valence-electron chi connectivity index (χ3n) is 5.26. The van der Waals surface area contributed by atoms with Gasteiger partial charge in [-0.3, -0.25) is 13.9 Å². The van der Waals surface area contributed by atoms with Crippen molar-refractivity contribution in [3.63, 3.8) is 0 Å². The third-order valence-corrected chi connectivity index (χ3v) is 6.93. The van der Waals surface area contributed by atoms with Crippen molar-refractivity contribution in [3.8, 4) is 0 Å². The van der Waals surface area contributed by atoms with Crippen molar-refractivity contribution in [2.24, 2.45) is 0 Å². The maximum Gasteiger partial charge on any atom is 0.244 e. The van der Waals surface area contributed by atoms with Crippen LogP contribution < -0.4 is 9.62 Å². The van der Waals surface area contributed by atoms with Gasteiger partial charge in [-0.2, -0.15) is 0 Å². The lowest BCUT2D eigenvalue weighted by Gasteiger charge is -2.32. The number of hydrogen-bond donors (Lipinski definition) is 1. The molecule has 7 nitrogen and oxygen atoms in total. The zero-order valence-electron chi connectivity index (χ0n) is 19.1. The van der Waals surface area contributed by atoms with Crippen LogP contribution in [0.4, 0.5) is 10.1 Å². The molecule has 2 atom stereocenters. The van der Waals surface area contributed by atoms with E-state index >= 15 is 0 Å². The van der Waals surface area contributed by atoms with Crippen LogP contribution in [-0.4, -0.2) is 50.0 Å². The first-order chi connectivity index (χ1) is 15.4. The fourth-order valence-electron chi connectivity index (χ4n) is 3.08. The smallest absolute Gasteiger partial charge is 0.244 e. The second-order valence-corrected chi connectivity index (χ2v) is 10.7. The maximum atomic E-state index is 14.3. The first-order valence-corrected chi connectivity index (χ1v) is 13.1. The maximum absolute atomic E-state index is 14.3. The van der Waals surface area contributed by atoms with Gasteiger partial charge < -0.3 is 10.2 Å². The monoisotopic (exact) mass is 541 g/mol. The highest BCUT2D eigenvalue weighted by Crippen LogP contribution is 2.22. The Hall–Kier alpha value is -2.46. The molecule has 0 unspecified atom stereocenters. The minimum atomic E-state index is -3.81. The normalized spacial score (nSPS) is 13.2. The van der Waals surface area contributed by atoms with Crippen LogP contribution in [0.3, 0.4) is 0 Å². The van der Waals surface area contributed by atoms with Crippen molar-refractivity contribution in [3.05, 3.63) is 64.4 Å². The number of halogens is 2. The number of benzene rings is 2. The molecule has 33 heavy (non-hydrogen) atoms. The first kappa shape index (κ1) is 26.8. The lowest BCUT2D eigenvalue weighted by atomic mass is 10.1. The van der Waals surface area contributed by atoms with Gasteiger partial charge in [0.05, 0.1) is 11.9 Å². The van der Waals surface area contributed by atoms with Crippen LogP contribution >= 0.6 is 15.9 Å². The van der Waals surface area contributed by atoms with Crippen LogP contribution in [0.1, 0.15) is 32.8 Å². The van der Waals surface area contributed by atoms with Gasteiger partial charge in [0.15, 0.2) is 0 Å². The Kier molecular flexibility index (Phi) is 9.42. The molecule has 0 spiro atoms. The molecular formula is C23H29BrFN3O4S. The van der Waals surface area contributed by atoms with Crippen molar-refractivity contribution in [1.82, 2.24) is 10.2 Å². The lowest BCUT2D eigenvalue weighted by Crippen LogP contribution is -2.52. The Morgan fingerprint density at radius 2 is 1.70 bits per heavy atom. The average molecular weight is 542 g/mol. The molecule has 0 bridgehead atoms. The summed E-state index contributed by atoms with van der Waals surface area (Å²) in [5.41, 5.74) is 0.528. The number of hydrogen-bond acceptors (Lipinski definition) is 4. The summed E-state index contributed by atoms with van der Waals surface area (Å²) in [6.45, 7) is 4.59. The first-order valence-electron chi connectivity index (χ1n) is 10.5. The van der Waals surface area contributed by atoms with Crippen LogP contribution in [0.25, 0.3) is 0 Å². The summed E-state index contributed by atoms with van der Waals surface area (Å²) >= 11 is 3.30. The van der Waals surface area contributed by atoms with E-state index in [1.54, 1.807) is 37.3 Å². The highest BCUT2D eigenvalue weighted by Gasteiger charge is 2.30. The number of anilines is 1. The molecule has 0 radical (unpaired) electrons. The van der Waals surface area contributed by atoms with Gasteiger partial charge in [-0.25, -0.2) is 12.8 Å². The van der Waals surface area contributed by atoms with Crippen molar-refractivity contribution in [1.29, 1.82) is 0 Å². The topological polar surface area (TPSA) is 86.8 Å². The van der Waals surface area contributed by atoms with E-state index in [0.717, 1.165) is 15.0 Å². The van der Waals surface area contributed by atoms with Crippen molar-refractivity contribution < 1.29 is 22.4 Å². The van der Waals surface area contributed by atoms with E-state index in [0.29, 0.717) is 12.1 Å². The molecule has 180 valence electrons. The molecular weight excluding hydrogens is 513 g/mol. The predicted octanol–water partition coefficient (Wildman–Crippen LogP) is 3.69. The van der Waals surface area contributed by atoms with Gasteiger partial charge in [0.1, 0.15) is 18.4 Å². The van der Waals surface area contributed by atoms with Crippen LogP contribution in [-0.2, 0) is 26.2 Å². The van der Waals surface area contributed by atoms with Crippen LogP contribution in [0.15, 0.2) is 53.0 Å². The molecule has 1 N–H and O–H groups in total. The Bertz CT molecular complexity index is 1080. The van der Waals surface area contributed by atoms with Crippen molar-refractivity contribution in [2.45, 2.75) is 45.8 Å². The van der Waals surface area contributed by atoms with Crippen molar-refractivity contribution in [2.75, 3.05) is 17.1 Å². The Morgan fingerprint density at radius 3 is 2.24 bits per heavy atom. The molecule has 10 heteroatoms. The van der Waals surface area contributed by atoms with Gasteiger partial charge in [0.2, 0.25) is 21.8 Å². The highest BCUT2D eigenvalue weighted by atomic mass is 79.9. The summed E-state index contributed by atoms with van der Waals surface area (Å²) in [4.78, 5) is 27.4. The highest BCUT2D eigenvalue weighted by molar-refractivity contribution is 9.10. The summed E-state index contributed by atoms with van der Waals surface area (Å²) in [5, 5.41) is 2.82. The fourth-order valence-corrected chi connectivity index (χ4v) is 4.19. The zero-order valence-corrected chi connectivity index (χ0v) is 21.5. The van der Waals surface area contributed by atoms with Gasteiger partial charge in [0, 0.05) is 22.6 Å². The zero-order chi connectivity index (χ0) is 24.8. The van der Waals surface area contributed by atoms with E-state index in [-0.39, 0.29) is 18.2 Å². The van der Waals surface area contributed by atoms with E-state index in [2.05, 4.69) is 21.2 Å². The van der Waals surface area contributed by atoms with Gasteiger partial charge in [-0.15, -0.1) is 0 Å². The molecule has 2 amide bonds. The standard InChI is InChI=1S/C23H29BrFN3O4S/c1-5-16(2)26-23(30)17(3)27(14-18-8-6-7-9-21(18)25)22(29)15-28(33(4,31)32)20-12-10-19(24)11-13-20/h6-13,16-17H,5,14-15H2,1-4H3,(H,26,30)/t16-,17+/m1/s1. The van der Waals surface area contributed by atoms with Crippen LogP contribution in [0.5, 0.6) is 0 Å². The summed E-state index contributed by atoms with van der Waals surface area (Å²) in [7, 11) is -3.81. The van der Waals surface area contributed by atoms with E-state index in [9.17, 15) is 22.4 Å². The third kappa shape index (κ3) is 7.53. The number of rotatable bonds is 10. The number of nitrogens with zero attached hydrogens (tertiary/aromatic N) is 2. The molecule has 0 fully saturated rings. The molecule has 0 aliphatic rings. The van der Waals surface area contributed by atoms with Gasteiger partial charge >= 0.3 is 0 Å². The minimum Gasteiger partial charge on any atom is -0.352 e. The molecule has 0 aromatic heterocycles. The number of carbonyl (C=O) groups excluding carboxylic acids is 2. The van der Waals surface area contributed by atoms with Crippen LogP contribution in [0.2, 0.25) is 0 Å². The largest absolute Gasteiger partial charge is 0.352 e. The Morgan fingerprint density at radius 1 is 1.09 bits per heavy atom. The Labute approximate surface area is 203 Å². The quantitative estimate of drug-likeness (QED) is 0.497. The molecule has 2 rings (SSSR count). The second-order valence-electron chi connectivity index (χ2n) is 7.85. The molecule has 2 aromatic rings. The van der Waals surface area contributed by atoms with E-state index in [1.165, 1.54) is 23.1 Å². The van der Waals surface area contributed by atoms with Gasteiger partial charge in [-0.1, -0.05) is 41.1 Å². The summed E-state index contributed by atoms with van der Waals surface area (Å²) in [5.74, 6) is -1.54. The summed E-state index contributed by atoms with van der Waals surface area (Å²) < 4.78 is 41.0. The molecule has 0 aliphatic carbocycles. The lowest BCUT2D eigenvalue weighted by molar-refractivity contribution is -0.139. The average Bonchev–Trinajstić information content (AvgIpc) is 2.76. The van der Waals surface area contributed by atoms with Gasteiger partial charge in [0.25, 0.3) is 0 Å². The summed E-state index contributed by atoms with van der Waals surface area (Å²) in [6, 6.07) is 11.4. The van der Waals surface area contributed by atoms with Crippen molar-refractivity contribution >= 4 is 43.5 Å². The number of nitrogens with one attached hydrogen (secondary N) is 1. The molecule has 0 saturated carbocycles. The van der Waals surface area contributed by atoms with Gasteiger partial charge in [-0.05, 0) is 50.6 Å². The SMILES string of the molecule is CC[C@@H](C)NC(=O)[C@H](C)N(Cc1ccccc1F)C(=O)CN(c1ccc(Br)cc1)S(C)(=O)=O. The van der Waals surface area contributed by atoms with Crippen LogP contribution in [0, 0.1) is 5.82 Å². The minimum absolute atomic E-state index is 0.111.